The Hall–Kier alpha value is -0.810. The fourth-order valence-corrected chi connectivity index (χ4v) is 2.20. The second-order valence-corrected chi connectivity index (χ2v) is 4.41. The number of urea groups is 1. The zero-order valence-corrected chi connectivity index (χ0v) is 9.36. The molecule has 0 aliphatic carbocycles. The smallest absolute Gasteiger partial charge is 0.320 e. The van der Waals surface area contributed by atoms with Crippen molar-refractivity contribution in [2.45, 2.75) is 12.0 Å². The standard InChI is InChI=1S/C10H18N2O3/c1-11(2)9(13)12-4-6-15-8-10(12)3-5-14-7-10/h3-8H2,1-2H3/t10-/m0/s1. The lowest BCUT2D eigenvalue weighted by Gasteiger charge is -2.44. The van der Waals surface area contributed by atoms with Crippen molar-refractivity contribution in [1.82, 2.24) is 9.80 Å². The first-order valence-corrected chi connectivity index (χ1v) is 5.30. The maximum absolute atomic E-state index is 12.0. The molecule has 1 atom stereocenters. The topological polar surface area (TPSA) is 42.0 Å². The Balaban J connectivity index is 2.15. The van der Waals surface area contributed by atoms with Gasteiger partial charge in [0.2, 0.25) is 0 Å². The second kappa shape index (κ2) is 3.98. The molecule has 0 radical (unpaired) electrons. The third kappa shape index (κ3) is 1.81. The Labute approximate surface area is 89.9 Å². The highest BCUT2D eigenvalue weighted by atomic mass is 16.5. The molecule has 86 valence electrons. The summed E-state index contributed by atoms with van der Waals surface area (Å²) in [5.74, 6) is 0. The number of hydrogen-bond donors (Lipinski definition) is 0. The van der Waals surface area contributed by atoms with Crippen molar-refractivity contribution in [1.29, 1.82) is 0 Å². The minimum Gasteiger partial charge on any atom is -0.379 e. The SMILES string of the molecule is CN(C)C(=O)N1CCOC[C@@]12CCOC2. The van der Waals surface area contributed by atoms with Gasteiger partial charge in [0.15, 0.2) is 0 Å². The minimum absolute atomic E-state index is 0.0591. The van der Waals surface area contributed by atoms with Gasteiger partial charge in [-0.15, -0.1) is 0 Å². The van der Waals surface area contributed by atoms with Crippen LogP contribution >= 0.6 is 0 Å². The molecule has 2 fully saturated rings. The van der Waals surface area contributed by atoms with Crippen molar-refractivity contribution < 1.29 is 14.3 Å². The Bertz CT molecular complexity index is 249. The lowest BCUT2D eigenvalue weighted by Crippen LogP contribution is -2.61. The molecule has 0 aromatic heterocycles. The van der Waals surface area contributed by atoms with Gasteiger partial charge in [0.1, 0.15) is 0 Å². The zero-order valence-electron chi connectivity index (χ0n) is 9.36. The van der Waals surface area contributed by atoms with Crippen LogP contribution in [-0.4, -0.2) is 68.4 Å². The first-order valence-electron chi connectivity index (χ1n) is 5.30. The van der Waals surface area contributed by atoms with E-state index in [0.29, 0.717) is 26.4 Å². The Morgan fingerprint density at radius 2 is 1.93 bits per heavy atom. The third-order valence-corrected chi connectivity index (χ3v) is 3.10. The van der Waals surface area contributed by atoms with Crippen molar-refractivity contribution in [2.75, 3.05) is 47.1 Å². The number of rotatable bonds is 0. The first-order chi connectivity index (χ1) is 7.16. The molecule has 1 spiro atoms. The van der Waals surface area contributed by atoms with Crippen LogP contribution < -0.4 is 0 Å². The van der Waals surface area contributed by atoms with Crippen molar-refractivity contribution in [3.63, 3.8) is 0 Å². The quantitative estimate of drug-likeness (QED) is 0.577. The molecule has 0 bridgehead atoms. The molecule has 2 amide bonds. The molecule has 2 aliphatic rings. The third-order valence-electron chi connectivity index (χ3n) is 3.10. The molecule has 2 aliphatic heterocycles. The number of hydrogen-bond acceptors (Lipinski definition) is 3. The summed E-state index contributed by atoms with van der Waals surface area (Å²) < 4.78 is 10.9. The Kier molecular flexibility index (Phi) is 2.84. The number of nitrogens with zero attached hydrogens (tertiary/aromatic N) is 2. The van der Waals surface area contributed by atoms with Crippen molar-refractivity contribution in [2.24, 2.45) is 0 Å². The van der Waals surface area contributed by atoms with Gasteiger partial charge < -0.3 is 19.3 Å². The van der Waals surface area contributed by atoms with Gasteiger partial charge >= 0.3 is 6.03 Å². The Morgan fingerprint density at radius 3 is 2.53 bits per heavy atom. The summed E-state index contributed by atoms with van der Waals surface area (Å²) in [6.45, 7) is 3.22. The van der Waals surface area contributed by atoms with Crippen LogP contribution in [0.2, 0.25) is 0 Å². The van der Waals surface area contributed by atoms with Crippen molar-refractivity contribution in [3.05, 3.63) is 0 Å². The molecule has 5 heteroatoms. The molecular formula is C10H18N2O3. The number of amides is 2. The highest BCUT2D eigenvalue weighted by Crippen LogP contribution is 2.29. The van der Waals surface area contributed by atoms with E-state index in [1.54, 1.807) is 19.0 Å². The molecule has 2 heterocycles. The molecule has 0 N–H and O–H groups in total. The zero-order chi connectivity index (χ0) is 10.9. The van der Waals surface area contributed by atoms with E-state index >= 15 is 0 Å². The predicted octanol–water partition coefficient (Wildman–Crippen LogP) is 0.159. The van der Waals surface area contributed by atoms with Crippen LogP contribution in [0.15, 0.2) is 0 Å². The van der Waals surface area contributed by atoms with Crippen LogP contribution in [0.4, 0.5) is 4.79 Å². The van der Waals surface area contributed by atoms with E-state index in [2.05, 4.69) is 0 Å². The maximum Gasteiger partial charge on any atom is 0.320 e. The van der Waals surface area contributed by atoms with Gasteiger partial charge in [-0.1, -0.05) is 0 Å². The lowest BCUT2D eigenvalue weighted by molar-refractivity contribution is -0.0523. The van der Waals surface area contributed by atoms with E-state index in [9.17, 15) is 4.79 Å². The van der Waals surface area contributed by atoms with Gasteiger partial charge in [-0.3, -0.25) is 0 Å². The summed E-state index contributed by atoms with van der Waals surface area (Å²) in [6.07, 6.45) is 0.882. The highest BCUT2D eigenvalue weighted by Gasteiger charge is 2.45. The van der Waals surface area contributed by atoms with Gasteiger partial charge in [-0.2, -0.15) is 0 Å². The lowest BCUT2D eigenvalue weighted by atomic mass is 9.96. The van der Waals surface area contributed by atoms with Crippen LogP contribution in [0.25, 0.3) is 0 Å². The van der Waals surface area contributed by atoms with Gasteiger partial charge in [0.05, 0.1) is 25.4 Å². The van der Waals surface area contributed by atoms with Crippen LogP contribution in [0.1, 0.15) is 6.42 Å². The summed E-state index contributed by atoms with van der Waals surface area (Å²) in [6, 6.07) is 0.0591. The van der Waals surface area contributed by atoms with Gasteiger partial charge in [0, 0.05) is 27.2 Å². The number of carbonyl (C=O) groups excluding carboxylic acids is 1. The summed E-state index contributed by atoms with van der Waals surface area (Å²) in [5, 5.41) is 0. The summed E-state index contributed by atoms with van der Waals surface area (Å²) in [4.78, 5) is 15.5. The normalized spacial score (nSPS) is 30.9. The van der Waals surface area contributed by atoms with E-state index in [0.717, 1.165) is 13.0 Å². The number of morpholine rings is 1. The number of carbonyl (C=O) groups is 1. The second-order valence-electron chi connectivity index (χ2n) is 4.41. The molecule has 0 aromatic carbocycles. The van der Waals surface area contributed by atoms with Crippen LogP contribution in [-0.2, 0) is 9.47 Å². The van der Waals surface area contributed by atoms with Gasteiger partial charge in [0.25, 0.3) is 0 Å². The molecule has 5 nitrogen and oxygen atoms in total. The Morgan fingerprint density at radius 1 is 1.27 bits per heavy atom. The van der Waals surface area contributed by atoms with E-state index in [-0.39, 0.29) is 11.6 Å². The molecule has 0 unspecified atom stereocenters. The summed E-state index contributed by atoms with van der Waals surface area (Å²) >= 11 is 0. The molecule has 2 saturated heterocycles. The fraction of sp³-hybridized carbons (Fsp3) is 0.900. The summed E-state index contributed by atoms with van der Waals surface area (Å²) in [5.41, 5.74) is -0.209. The first kappa shape index (κ1) is 10.7. The summed E-state index contributed by atoms with van der Waals surface area (Å²) in [7, 11) is 3.56. The van der Waals surface area contributed by atoms with Crippen LogP contribution in [0, 0.1) is 0 Å². The average Bonchev–Trinajstić information content (AvgIpc) is 2.67. The van der Waals surface area contributed by atoms with Crippen LogP contribution in [0.3, 0.4) is 0 Å². The van der Waals surface area contributed by atoms with E-state index in [1.807, 2.05) is 4.90 Å². The van der Waals surface area contributed by atoms with E-state index in [1.165, 1.54) is 0 Å². The molecule has 0 aromatic rings. The van der Waals surface area contributed by atoms with Crippen molar-refractivity contribution >= 4 is 6.03 Å². The van der Waals surface area contributed by atoms with Gasteiger partial charge in [-0.05, 0) is 6.42 Å². The van der Waals surface area contributed by atoms with Crippen molar-refractivity contribution in [3.8, 4) is 0 Å². The fourth-order valence-electron chi connectivity index (χ4n) is 2.20. The van der Waals surface area contributed by atoms with Gasteiger partial charge in [-0.25, -0.2) is 4.79 Å². The monoisotopic (exact) mass is 214 g/mol. The molecule has 2 rings (SSSR count). The predicted molar refractivity (Wildman–Crippen MR) is 54.8 cm³/mol. The largest absolute Gasteiger partial charge is 0.379 e. The van der Waals surface area contributed by atoms with E-state index in [4.69, 9.17) is 9.47 Å². The molecule has 0 saturated carbocycles. The molecular weight excluding hydrogens is 196 g/mol. The molecule has 15 heavy (non-hydrogen) atoms. The van der Waals surface area contributed by atoms with E-state index < -0.39 is 0 Å². The maximum atomic E-state index is 12.0. The average molecular weight is 214 g/mol. The minimum atomic E-state index is -0.209. The van der Waals surface area contributed by atoms with Crippen LogP contribution in [0.5, 0.6) is 0 Å². The number of ether oxygens (including phenoxy) is 2. The highest BCUT2D eigenvalue weighted by molar-refractivity contribution is 5.75.